The number of aromatic nitrogens is 4. The molecule has 2 aliphatic carbocycles. The zero-order chi connectivity index (χ0) is 17.3. The van der Waals surface area contributed by atoms with Gasteiger partial charge in [0.2, 0.25) is 0 Å². The lowest BCUT2D eigenvalue weighted by molar-refractivity contribution is -0.127. The van der Waals surface area contributed by atoms with E-state index in [-0.39, 0.29) is 23.5 Å². The Morgan fingerprint density at radius 1 is 1.44 bits per heavy atom. The van der Waals surface area contributed by atoms with Gasteiger partial charge in [-0.15, -0.1) is 0 Å². The van der Waals surface area contributed by atoms with Crippen LogP contribution in [-0.4, -0.2) is 44.4 Å². The van der Waals surface area contributed by atoms with E-state index >= 15 is 0 Å². The van der Waals surface area contributed by atoms with E-state index in [9.17, 15) is 4.79 Å². The Morgan fingerprint density at radius 2 is 2.28 bits per heavy atom. The van der Waals surface area contributed by atoms with Gasteiger partial charge in [-0.1, -0.05) is 12.8 Å². The third-order valence-electron chi connectivity index (χ3n) is 5.65. The van der Waals surface area contributed by atoms with Crippen molar-refractivity contribution in [2.45, 2.75) is 51.2 Å². The van der Waals surface area contributed by atoms with Gasteiger partial charge in [0.25, 0.3) is 5.91 Å². The number of ether oxygens (including phenoxy) is 1. The van der Waals surface area contributed by atoms with Crippen LogP contribution in [0, 0.1) is 5.41 Å². The minimum absolute atomic E-state index is 0.0602. The molecule has 0 radical (unpaired) electrons. The highest BCUT2D eigenvalue weighted by molar-refractivity contribution is 5.94. The average molecular weight is 341 g/mol. The third kappa shape index (κ3) is 2.82. The number of carbonyl (C=O) groups is 1. The Labute approximate surface area is 146 Å². The molecule has 2 aromatic rings. The summed E-state index contributed by atoms with van der Waals surface area (Å²) in [5.74, 6) is 0.525. The van der Waals surface area contributed by atoms with E-state index in [1.54, 1.807) is 29.3 Å². The predicted molar refractivity (Wildman–Crippen MR) is 91.3 cm³/mol. The molecule has 132 valence electrons. The van der Waals surface area contributed by atoms with E-state index in [0.717, 1.165) is 25.9 Å². The summed E-state index contributed by atoms with van der Waals surface area (Å²) in [5.41, 5.74) is 0.724. The van der Waals surface area contributed by atoms with Crippen LogP contribution in [0.15, 0.2) is 31.0 Å². The van der Waals surface area contributed by atoms with Crippen LogP contribution in [0.4, 0.5) is 0 Å². The van der Waals surface area contributed by atoms with Crippen molar-refractivity contribution in [1.82, 2.24) is 25.1 Å². The van der Waals surface area contributed by atoms with Crippen LogP contribution in [0.3, 0.4) is 0 Å². The van der Waals surface area contributed by atoms with Gasteiger partial charge in [0, 0.05) is 29.8 Å². The minimum atomic E-state index is -0.0602. The monoisotopic (exact) mass is 341 g/mol. The molecule has 0 aliphatic heterocycles. The highest BCUT2D eigenvalue weighted by atomic mass is 16.5. The highest BCUT2D eigenvalue weighted by Crippen LogP contribution is 2.54. The van der Waals surface area contributed by atoms with E-state index in [1.807, 2.05) is 6.92 Å². The molecule has 0 unspecified atom stereocenters. The number of carbonyl (C=O) groups excluding carboxylic acids is 1. The zero-order valence-electron chi connectivity index (χ0n) is 14.4. The first kappa shape index (κ1) is 16.2. The van der Waals surface area contributed by atoms with Crippen molar-refractivity contribution in [3.8, 4) is 5.82 Å². The molecule has 1 spiro atoms. The van der Waals surface area contributed by atoms with Crippen LogP contribution in [0.5, 0.6) is 0 Å². The largest absolute Gasteiger partial charge is 0.378 e. The molecule has 2 heterocycles. The molecule has 1 amide bonds. The van der Waals surface area contributed by atoms with Crippen LogP contribution >= 0.6 is 0 Å². The molecule has 2 atom stereocenters. The number of rotatable bonds is 5. The van der Waals surface area contributed by atoms with E-state index in [2.05, 4.69) is 20.4 Å². The molecule has 0 bridgehead atoms. The topological polar surface area (TPSA) is 81.9 Å². The first-order valence-electron chi connectivity index (χ1n) is 8.96. The lowest BCUT2D eigenvalue weighted by Gasteiger charge is -2.54. The highest BCUT2D eigenvalue weighted by Gasteiger charge is 2.57. The number of pyridine rings is 1. The van der Waals surface area contributed by atoms with Gasteiger partial charge in [-0.3, -0.25) is 4.79 Å². The van der Waals surface area contributed by atoms with Crippen molar-refractivity contribution in [1.29, 1.82) is 0 Å². The lowest BCUT2D eigenvalue weighted by atomic mass is 9.60. The summed E-state index contributed by atoms with van der Waals surface area (Å²) in [6, 6.07) is 3.67. The van der Waals surface area contributed by atoms with Crippen molar-refractivity contribution >= 4 is 5.91 Å². The van der Waals surface area contributed by atoms with E-state index < -0.39 is 0 Å². The second-order valence-corrected chi connectivity index (χ2v) is 6.89. The summed E-state index contributed by atoms with van der Waals surface area (Å²) in [5, 5.41) is 7.29. The maximum atomic E-state index is 12.7. The zero-order valence-corrected chi connectivity index (χ0v) is 14.4. The normalized spacial score (nSPS) is 24.2. The Kier molecular flexibility index (Phi) is 4.25. The summed E-state index contributed by atoms with van der Waals surface area (Å²) in [7, 11) is 0. The SMILES string of the molecule is CCO[C@@H]1C[C@H](NC(=O)c2ccnc(-n3cncn3)c2)C12CCCC2. The molecule has 0 aromatic carbocycles. The van der Waals surface area contributed by atoms with Crippen LogP contribution in [0.2, 0.25) is 0 Å². The number of hydrogen-bond acceptors (Lipinski definition) is 5. The van der Waals surface area contributed by atoms with Crippen molar-refractivity contribution in [3.63, 3.8) is 0 Å². The molecule has 2 saturated carbocycles. The van der Waals surface area contributed by atoms with Gasteiger partial charge in [0.15, 0.2) is 5.82 Å². The Balaban J connectivity index is 1.48. The Bertz CT molecular complexity index is 740. The van der Waals surface area contributed by atoms with Crippen LogP contribution < -0.4 is 5.32 Å². The minimum Gasteiger partial charge on any atom is -0.378 e. The van der Waals surface area contributed by atoms with Gasteiger partial charge in [-0.2, -0.15) is 5.10 Å². The number of hydrogen-bond donors (Lipinski definition) is 1. The molecule has 25 heavy (non-hydrogen) atoms. The maximum Gasteiger partial charge on any atom is 0.251 e. The first-order chi connectivity index (χ1) is 12.2. The summed E-state index contributed by atoms with van der Waals surface area (Å²) in [6.07, 6.45) is 10.6. The molecular formula is C18H23N5O2. The van der Waals surface area contributed by atoms with Crippen LogP contribution in [0.25, 0.3) is 5.82 Å². The second kappa shape index (κ2) is 6.55. The fourth-order valence-corrected chi connectivity index (χ4v) is 4.34. The molecular weight excluding hydrogens is 318 g/mol. The fourth-order valence-electron chi connectivity index (χ4n) is 4.34. The van der Waals surface area contributed by atoms with Crippen molar-refractivity contribution in [2.24, 2.45) is 5.41 Å². The molecule has 4 rings (SSSR count). The van der Waals surface area contributed by atoms with Gasteiger partial charge in [0.1, 0.15) is 12.7 Å². The Morgan fingerprint density at radius 3 is 3.00 bits per heavy atom. The predicted octanol–water partition coefficient (Wildman–Crippen LogP) is 2.13. The summed E-state index contributed by atoms with van der Waals surface area (Å²) < 4.78 is 7.47. The molecule has 7 nitrogen and oxygen atoms in total. The lowest BCUT2D eigenvalue weighted by Crippen LogP contribution is -2.63. The van der Waals surface area contributed by atoms with Crippen LogP contribution in [-0.2, 0) is 4.74 Å². The molecule has 0 saturated heterocycles. The number of nitrogens with one attached hydrogen (secondary N) is 1. The number of amides is 1. The van der Waals surface area contributed by atoms with Crippen molar-refractivity contribution < 1.29 is 9.53 Å². The molecule has 2 fully saturated rings. The molecule has 2 aliphatic rings. The molecule has 2 aromatic heterocycles. The summed E-state index contributed by atoms with van der Waals surface area (Å²) in [6.45, 7) is 2.77. The van der Waals surface area contributed by atoms with E-state index in [0.29, 0.717) is 11.4 Å². The summed E-state index contributed by atoms with van der Waals surface area (Å²) in [4.78, 5) is 20.9. The summed E-state index contributed by atoms with van der Waals surface area (Å²) >= 11 is 0. The van der Waals surface area contributed by atoms with Gasteiger partial charge < -0.3 is 10.1 Å². The van der Waals surface area contributed by atoms with Crippen LogP contribution in [0.1, 0.15) is 49.4 Å². The Hall–Kier alpha value is -2.28. The maximum absolute atomic E-state index is 12.7. The number of nitrogens with zero attached hydrogens (tertiary/aromatic N) is 4. The smallest absolute Gasteiger partial charge is 0.251 e. The molecule has 7 heteroatoms. The van der Waals surface area contributed by atoms with E-state index in [1.165, 1.54) is 19.2 Å². The van der Waals surface area contributed by atoms with E-state index in [4.69, 9.17) is 4.74 Å². The van der Waals surface area contributed by atoms with Gasteiger partial charge in [-0.25, -0.2) is 14.6 Å². The van der Waals surface area contributed by atoms with Gasteiger partial charge >= 0.3 is 0 Å². The standard InChI is InChI=1S/C18H23N5O2/c1-2-25-15-10-14(18(15)6-3-4-7-18)22-17(24)13-5-8-20-16(9-13)23-12-19-11-21-23/h5,8-9,11-12,14-15H,2-4,6-7,10H2,1H3,(H,22,24)/t14-,15+/m0/s1. The van der Waals surface area contributed by atoms with Gasteiger partial charge in [-0.05, 0) is 38.3 Å². The molecule has 1 N–H and O–H groups in total. The first-order valence-corrected chi connectivity index (χ1v) is 8.96. The van der Waals surface area contributed by atoms with Gasteiger partial charge in [0.05, 0.1) is 6.10 Å². The van der Waals surface area contributed by atoms with Crippen molar-refractivity contribution in [3.05, 3.63) is 36.5 Å². The fraction of sp³-hybridized carbons (Fsp3) is 0.556. The quantitative estimate of drug-likeness (QED) is 0.901. The van der Waals surface area contributed by atoms with Crippen molar-refractivity contribution in [2.75, 3.05) is 6.61 Å². The second-order valence-electron chi connectivity index (χ2n) is 6.89. The third-order valence-corrected chi connectivity index (χ3v) is 5.65. The average Bonchev–Trinajstić information content (AvgIpc) is 3.33.